The minimum atomic E-state index is -4.51. The summed E-state index contributed by atoms with van der Waals surface area (Å²) in [5.41, 5.74) is 0.339. The average molecular weight is 314 g/mol. The fourth-order valence-electron chi connectivity index (χ4n) is 2.32. The summed E-state index contributed by atoms with van der Waals surface area (Å²) in [7, 11) is 0. The monoisotopic (exact) mass is 314 g/mol. The first-order valence-corrected chi connectivity index (χ1v) is 6.98. The Balaban J connectivity index is 2.17. The van der Waals surface area contributed by atoms with Gasteiger partial charge in [-0.1, -0.05) is 67.2 Å². The highest BCUT2D eigenvalue weighted by Crippen LogP contribution is 2.41. The third kappa shape index (κ3) is 3.06. The van der Waals surface area contributed by atoms with E-state index < -0.39 is 11.7 Å². The van der Waals surface area contributed by atoms with E-state index in [0.717, 1.165) is 0 Å². The largest absolute Gasteiger partial charge is 0.455 e. The minimum absolute atomic E-state index is 0.0393. The fraction of sp³-hybridized carbons (Fsp3) is 0.0526. The molecule has 23 heavy (non-hydrogen) atoms. The second kappa shape index (κ2) is 5.80. The molecule has 3 aromatic rings. The summed E-state index contributed by atoms with van der Waals surface area (Å²) in [6, 6.07) is 19.1. The molecule has 0 aliphatic rings. The molecule has 0 N–H and O–H groups in total. The Morgan fingerprint density at radius 1 is 0.826 bits per heavy atom. The van der Waals surface area contributed by atoms with Crippen molar-refractivity contribution >= 4 is 5.57 Å². The molecule has 0 radical (unpaired) electrons. The van der Waals surface area contributed by atoms with Gasteiger partial charge in [-0.3, -0.25) is 0 Å². The Bertz CT molecular complexity index is 815. The molecule has 3 rings (SSSR count). The number of benzene rings is 2. The van der Waals surface area contributed by atoms with Crippen LogP contribution < -0.4 is 0 Å². The molecule has 1 heterocycles. The maximum Gasteiger partial charge on any atom is 0.416 e. The minimum Gasteiger partial charge on any atom is -0.455 e. The van der Waals surface area contributed by atoms with Crippen molar-refractivity contribution in [1.82, 2.24) is 0 Å². The molecular formula is C19H13F3O. The van der Waals surface area contributed by atoms with Crippen LogP contribution in [-0.4, -0.2) is 6.18 Å². The van der Waals surface area contributed by atoms with Gasteiger partial charge in [0.25, 0.3) is 0 Å². The molecular weight excluding hydrogens is 301 g/mol. The van der Waals surface area contributed by atoms with Crippen molar-refractivity contribution in [3.05, 3.63) is 78.9 Å². The summed E-state index contributed by atoms with van der Waals surface area (Å²) >= 11 is 0. The number of rotatable bonds is 3. The summed E-state index contributed by atoms with van der Waals surface area (Å²) in [4.78, 5) is 0. The first-order valence-electron chi connectivity index (χ1n) is 6.98. The second-order valence-electron chi connectivity index (χ2n) is 5.06. The lowest BCUT2D eigenvalue weighted by Crippen LogP contribution is -2.09. The summed E-state index contributed by atoms with van der Waals surface area (Å²) in [5.74, 6) is 0.552. The highest BCUT2D eigenvalue weighted by molar-refractivity contribution is 5.82. The van der Waals surface area contributed by atoms with E-state index in [4.69, 9.17) is 4.42 Å². The van der Waals surface area contributed by atoms with Crippen LogP contribution in [-0.2, 0) is 0 Å². The Kier molecular flexibility index (Phi) is 3.82. The summed E-state index contributed by atoms with van der Waals surface area (Å²) in [6.07, 6.45) is -4.51. The lowest BCUT2D eigenvalue weighted by atomic mass is 10.0. The summed E-state index contributed by atoms with van der Waals surface area (Å²) in [6.45, 7) is 3.20. The van der Waals surface area contributed by atoms with Crippen molar-refractivity contribution in [2.24, 2.45) is 0 Å². The van der Waals surface area contributed by atoms with Gasteiger partial charge in [0.1, 0.15) is 11.5 Å². The van der Waals surface area contributed by atoms with Gasteiger partial charge in [-0.2, -0.15) is 13.2 Å². The molecule has 0 aliphatic heterocycles. The van der Waals surface area contributed by atoms with Gasteiger partial charge in [-0.25, -0.2) is 0 Å². The third-order valence-corrected chi connectivity index (χ3v) is 3.49. The normalized spacial score (nSPS) is 11.4. The van der Waals surface area contributed by atoms with E-state index in [2.05, 4.69) is 6.58 Å². The van der Waals surface area contributed by atoms with Gasteiger partial charge in [-0.05, 0) is 6.07 Å². The maximum absolute atomic E-state index is 13.1. The highest BCUT2D eigenvalue weighted by Gasteiger charge is 2.36. The van der Waals surface area contributed by atoms with Gasteiger partial charge in [0.05, 0.1) is 5.57 Å². The molecule has 1 aromatic heterocycles. The third-order valence-electron chi connectivity index (χ3n) is 3.49. The van der Waals surface area contributed by atoms with E-state index in [1.807, 2.05) is 6.07 Å². The van der Waals surface area contributed by atoms with Gasteiger partial charge in [0, 0.05) is 16.7 Å². The summed E-state index contributed by atoms with van der Waals surface area (Å²) in [5, 5.41) is 0. The van der Waals surface area contributed by atoms with Crippen LogP contribution in [0, 0.1) is 0 Å². The molecule has 4 heteroatoms. The van der Waals surface area contributed by atoms with Crippen molar-refractivity contribution in [1.29, 1.82) is 0 Å². The van der Waals surface area contributed by atoms with Gasteiger partial charge < -0.3 is 4.42 Å². The zero-order chi connectivity index (χ0) is 16.4. The van der Waals surface area contributed by atoms with Crippen molar-refractivity contribution in [2.75, 3.05) is 0 Å². The van der Waals surface area contributed by atoms with Gasteiger partial charge in [0.15, 0.2) is 0 Å². The first-order chi connectivity index (χ1) is 11.0. The van der Waals surface area contributed by atoms with E-state index in [1.54, 1.807) is 54.6 Å². The molecule has 0 fully saturated rings. The molecule has 0 amide bonds. The molecule has 0 bridgehead atoms. The average Bonchev–Trinajstić information content (AvgIpc) is 3.00. The van der Waals surface area contributed by atoms with E-state index >= 15 is 0 Å². The molecule has 0 saturated heterocycles. The maximum atomic E-state index is 13.1. The molecule has 116 valence electrons. The van der Waals surface area contributed by atoms with E-state index in [9.17, 15) is 13.2 Å². The van der Waals surface area contributed by atoms with Gasteiger partial charge >= 0.3 is 6.18 Å². The van der Waals surface area contributed by atoms with Crippen LogP contribution >= 0.6 is 0 Å². The van der Waals surface area contributed by atoms with Crippen molar-refractivity contribution in [3.8, 4) is 22.6 Å². The SMILES string of the molecule is C=C(c1cc(-c2ccccc2)oc1-c1ccccc1)C(F)(F)F. The zero-order valence-corrected chi connectivity index (χ0v) is 12.1. The predicted octanol–water partition coefficient (Wildman–Crippen LogP) is 6.19. The number of allylic oxidation sites excluding steroid dienone is 1. The molecule has 0 saturated carbocycles. The molecule has 0 unspecified atom stereocenters. The standard InChI is InChI=1S/C19H13F3O/c1-13(19(20,21)22)16-12-17(14-8-4-2-5-9-14)23-18(16)15-10-6-3-7-11-15/h2-12H,1H2. The van der Waals surface area contributed by atoms with Crippen LogP contribution in [0.1, 0.15) is 5.56 Å². The first kappa shape index (κ1) is 15.2. The molecule has 0 spiro atoms. The predicted molar refractivity (Wildman–Crippen MR) is 84.7 cm³/mol. The second-order valence-corrected chi connectivity index (χ2v) is 5.06. The smallest absolute Gasteiger partial charge is 0.416 e. The van der Waals surface area contributed by atoms with Crippen LogP contribution in [0.25, 0.3) is 28.2 Å². The van der Waals surface area contributed by atoms with Crippen LogP contribution in [0.15, 0.2) is 77.7 Å². The number of halogens is 3. The van der Waals surface area contributed by atoms with Crippen molar-refractivity contribution in [2.45, 2.75) is 6.18 Å². The van der Waals surface area contributed by atoms with Crippen LogP contribution in [0.5, 0.6) is 0 Å². The van der Waals surface area contributed by atoms with E-state index in [0.29, 0.717) is 16.9 Å². The van der Waals surface area contributed by atoms with E-state index in [1.165, 1.54) is 6.07 Å². The quantitative estimate of drug-likeness (QED) is 0.562. The molecule has 0 aliphatic carbocycles. The lowest BCUT2D eigenvalue weighted by molar-refractivity contribution is -0.0686. The molecule has 1 nitrogen and oxygen atoms in total. The molecule has 2 aromatic carbocycles. The van der Waals surface area contributed by atoms with Crippen molar-refractivity contribution < 1.29 is 17.6 Å². The van der Waals surface area contributed by atoms with Crippen LogP contribution in [0.2, 0.25) is 0 Å². The Hall–Kier alpha value is -2.75. The Morgan fingerprint density at radius 2 is 1.35 bits per heavy atom. The lowest BCUT2D eigenvalue weighted by Gasteiger charge is -2.09. The number of hydrogen-bond acceptors (Lipinski definition) is 1. The number of furan rings is 1. The topological polar surface area (TPSA) is 13.1 Å². The highest BCUT2D eigenvalue weighted by atomic mass is 19.4. The van der Waals surface area contributed by atoms with Crippen LogP contribution in [0.4, 0.5) is 13.2 Å². The van der Waals surface area contributed by atoms with Gasteiger partial charge in [0.2, 0.25) is 0 Å². The van der Waals surface area contributed by atoms with Crippen molar-refractivity contribution in [3.63, 3.8) is 0 Å². The fourth-order valence-corrected chi connectivity index (χ4v) is 2.32. The van der Waals surface area contributed by atoms with Crippen LogP contribution in [0.3, 0.4) is 0 Å². The summed E-state index contributed by atoms with van der Waals surface area (Å²) < 4.78 is 45.0. The number of alkyl halides is 3. The molecule has 0 atom stereocenters. The number of hydrogen-bond donors (Lipinski definition) is 0. The Labute approximate surface area is 131 Å². The zero-order valence-electron chi connectivity index (χ0n) is 12.1. The van der Waals surface area contributed by atoms with E-state index in [-0.39, 0.29) is 11.3 Å². The Morgan fingerprint density at radius 3 is 1.87 bits per heavy atom. The van der Waals surface area contributed by atoms with Gasteiger partial charge in [-0.15, -0.1) is 0 Å².